The molecule has 6 heavy (non-hydrogen) atoms. The van der Waals surface area contributed by atoms with E-state index in [9.17, 15) is 0 Å². The van der Waals surface area contributed by atoms with Crippen LogP contribution in [0.15, 0.2) is 18.3 Å². The van der Waals surface area contributed by atoms with E-state index >= 15 is 0 Å². The first-order valence-electron chi connectivity index (χ1n) is 1.76. The summed E-state index contributed by atoms with van der Waals surface area (Å²) in [4.78, 5) is 3.73. The number of rotatable bonds is 0. The van der Waals surface area contributed by atoms with E-state index in [0.717, 1.165) is 0 Å². The van der Waals surface area contributed by atoms with Gasteiger partial charge in [-0.25, -0.2) is 0 Å². The Morgan fingerprint density at radius 1 is 1.67 bits per heavy atom. The monoisotopic (exact) mass is 76.0 g/mol. The number of aromatic nitrogens is 1. The molecule has 1 aromatic heterocycles. The molecule has 0 unspecified atom stereocenters. The van der Waals surface area contributed by atoms with Gasteiger partial charge in [0.1, 0.15) is 0 Å². The van der Waals surface area contributed by atoms with Crippen molar-refractivity contribution in [3.8, 4) is 0 Å². The third kappa shape index (κ3) is 0.644. The van der Waals surface area contributed by atoms with Crippen LogP contribution >= 0.6 is 0 Å². The first-order valence-corrected chi connectivity index (χ1v) is 1.76. The fraction of sp³-hybridized carbons (Fsp3) is 0. The SMILES string of the molecule is b1[c]cccn1. The van der Waals surface area contributed by atoms with Crippen LogP contribution in [0.1, 0.15) is 0 Å². The van der Waals surface area contributed by atoms with Gasteiger partial charge in [-0.2, -0.15) is 0 Å². The van der Waals surface area contributed by atoms with Gasteiger partial charge >= 0.3 is 36.2 Å². The van der Waals surface area contributed by atoms with Crippen molar-refractivity contribution >= 4 is 7.05 Å². The van der Waals surface area contributed by atoms with Crippen molar-refractivity contribution in [3.05, 3.63) is 24.3 Å². The topological polar surface area (TPSA) is 12.9 Å². The molecule has 1 nitrogen and oxygen atoms in total. The van der Waals surface area contributed by atoms with E-state index in [4.69, 9.17) is 0 Å². The third-order valence-electron chi connectivity index (χ3n) is 0.514. The normalized spacial score (nSPS) is 7.33. The molecule has 0 aliphatic heterocycles. The molecule has 0 aliphatic carbocycles. The van der Waals surface area contributed by atoms with Gasteiger partial charge in [-0.3, -0.25) is 0 Å². The first kappa shape index (κ1) is 3.53. The first-order chi connectivity index (χ1) is 3.00. The minimum absolute atomic E-state index is 1.62. The molecule has 0 amide bonds. The van der Waals surface area contributed by atoms with E-state index in [2.05, 4.69) is 10.9 Å². The molecule has 2 heteroatoms. The van der Waals surface area contributed by atoms with Crippen molar-refractivity contribution in [2.75, 3.05) is 0 Å². The van der Waals surface area contributed by atoms with Gasteiger partial charge in [-0.15, -0.1) is 0 Å². The van der Waals surface area contributed by atoms with Crippen molar-refractivity contribution in [1.82, 2.24) is 4.89 Å². The van der Waals surface area contributed by atoms with Crippen LogP contribution in [0.4, 0.5) is 0 Å². The Kier molecular flexibility index (Phi) is 1.00. The van der Waals surface area contributed by atoms with E-state index in [-0.39, 0.29) is 0 Å². The van der Waals surface area contributed by atoms with Crippen molar-refractivity contribution in [2.45, 2.75) is 0 Å². The van der Waals surface area contributed by atoms with Gasteiger partial charge in [0.15, 0.2) is 0 Å². The molecule has 0 atom stereocenters. The van der Waals surface area contributed by atoms with Crippen LogP contribution in [-0.2, 0) is 0 Å². The van der Waals surface area contributed by atoms with E-state index in [0.29, 0.717) is 0 Å². The zero-order valence-electron chi connectivity index (χ0n) is 3.26. The van der Waals surface area contributed by atoms with Gasteiger partial charge in [0, 0.05) is 0 Å². The second-order valence-electron chi connectivity index (χ2n) is 0.953. The summed E-state index contributed by atoms with van der Waals surface area (Å²) in [6, 6.07) is 3.65. The van der Waals surface area contributed by atoms with E-state index in [1.165, 1.54) is 0 Å². The Morgan fingerprint density at radius 3 is 2.83 bits per heavy atom. The van der Waals surface area contributed by atoms with Crippen LogP contribution in [0.25, 0.3) is 0 Å². The standard InChI is InChI=1S/C4H3BN/c1-2-4-6-5-3-1/h1-2,4H. The van der Waals surface area contributed by atoms with Crippen molar-refractivity contribution in [3.63, 3.8) is 0 Å². The zero-order chi connectivity index (χ0) is 4.24. The molecule has 27 valence electrons. The predicted molar refractivity (Wildman–Crippen MR) is 24.4 cm³/mol. The number of hydrogen-bond acceptors (Lipinski definition) is 1. The summed E-state index contributed by atoms with van der Waals surface area (Å²) in [5.41, 5.74) is 0. The Hall–Kier alpha value is -0.655. The van der Waals surface area contributed by atoms with Crippen LogP contribution in [-0.4, -0.2) is 11.9 Å². The molecular formula is C4H3BN. The van der Waals surface area contributed by atoms with Gasteiger partial charge in [-0.05, 0) is 0 Å². The summed E-state index contributed by atoms with van der Waals surface area (Å²) in [6.45, 7) is 0. The Morgan fingerprint density at radius 2 is 2.67 bits per heavy atom. The van der Waals surface area contributed by atoms with E-state index in [1.807, 2.05) is 12.1 Å². The summed E-state index contributed by atoms with van der Waals surface area (Å²) in [7, 11) is 1.62. The Labute approximate surface area is 37.3 Å². The van der Waals surface area contributed by atoms with Gasteiger partial charge in [-0.1, -0.05) is 0 Å². The second-order valence-corrected chi connectivity index (χ2v) is 0.953. The van der Waals surface area contributed by atoms with Crippen LogP contribution in [0.2, 0.25) is 0 Å². The molecule has 0 aliphatic rings. The van der Waals surface area contributed by atoms with Crippen LogP contribution in [0.3, 0.4) is 0 Å². The van der Waals surface area contributed by atoms with Crippen LogP contribution in [0, 0.1) is 5.96 Å². The fourth-order valence-corrected chi connectivity index (χ4v) is 0.277. The number of nitrogens with zero attached hydrogens (tertiary/aromatic N) is 1. The Bertz CT molecular complexity index is 79.5. The predicted octanol–water partition coefficient (Wildman–Crippen LogP) is 0.220. The number of hydrogen-bond donors (Lipinski definition) is 0. The Balaban J connectivity index is 3.00. The molecule has 1 aromatic rings. The van der Waals surface area contributed by atoms with Gasteiger partial charge in [0.25, 0.3) is 0 Å². The molecule has 0 bridgehead atoms. The maximum atomic E-state index is 3.73. The zero-order valence-corrected chi connectivity index (χ0v) is 3.26. The van der Waals surface area contributed by atoms with Crippen LogP contribution in [0.5, 0.6) is 0 Å². The maximum absolute atomic E-state index is 3.73. The van der Waals surface area contributed by atoms with Crippen molar-refractivity contribution in [2.24, 2.45) is 0 Å². The summed E-state index contributed by atoms with van der Waals surface area (Å²) in [5, 5.41) is 0. The van der Waals surface area contributed by atoms with Gasteiger partial charge in [0.05, 0.1) is 0 Å². The molecule has 0 N–H and O–H groups in total. The molecule has 1 radical (unpaired) electrons. The van der Waals surface area contributed by atoms with Crippen LogP contribution < -0.4 is 0 Å². The molecule has 0 saturated carbocycles. The van der Waals surface area contributed by atoms with E-state index < -0.39 is 0 Å². The molecular weight excluding hydrogens is 72.9 g/mol. The molecule has 0 fully saturated rings. The molecule has 0 spiro atoms. The molecule has 0 aromatic carbocycles. The molecule has 1 rings (SSSR count). The summed E-state index contributed by atoms with van der Waals surface area (Å²) in [6.07, 6.45) is 1.72. The average molecular weight is 75.9 g/mol. The molecule has 0 saturated heterocycles. The molecule has 1 heterocycles. The summed E-state index contributed by atoms with van der Waals surface area (Å²) in [5.74, 6) is 2.78. The van der Waals surface area contributed by atoms with Crippen molar-refractivity contribution in [1.29, 1.82) is 0 Å². The van der Waals surface area contributed by atoms with Gasteiger partial charge < -0.3 is 0 Å². The third-order valence-corrected chi connectivity index (χ3v) is 0.514. The van der Waals surface area contributed by atoms with E-state index in [1.54, 1.807) is 13.2 Å². The van der Waals surface area contributed by atoms with Gasteiger partial charge in [0.2, 0.25) is 0 Å². The summed E-state index contributed by atoms with van der Waals surface area (Å²) < 4.78 is 0. The minimum atomic E-state index is 1.62. The second kappa shape index (κ2) is 1.70. The average Bonchev–Trinajstić information content (AvgIpc) is 1.72. The summed E-state index contributed by atoms with van der Waals surface area (Å²) >= 11 is 0. The van der Waals surface area contributed by atoms with Crippen molar-refractivity contribution < 1.29 is 0 Å². The quantitative estimate of drug-likeness (QED) is 0.430. The fourth-order valence-electron chi connectivity index (χ4n) is 0.277.